The number of aromatic nitrogens is 4. The zero-order valence-electron chi connectivity index (χ0n) is 17.8. The van der Waals surface area contributed by atoms with Crippen molar-refractivity contribution in [2.24, 2.45) is 0 Å². The SMILES string of the molecule is O=c1n(Cc2ccc(C(F)(F)F)cc2)nc2c(-c3ccc(F)cc3)c(-c3ccc(Cl)cc3)cnn12. The van der Waals surface area contributed by atoms with Crippen LogP contribution < -0.4 is 5.69 Å². The Balaban J connectivity index is 1.66. The van der Waals surface area contributed by atoms with Crippen molar-refractivity contribution in [2.45, 2.75) is 12.7 Å². The van der Waals surface area contributed by atoms with E-state index in [9.17, 15) is 22.4 Å². The van der Waals surface area contributed by atoms with Gasteiger partial charge in [0.05, 0.1) is 18.3 Å². The summed E-state index contributed by atoms with van der Waals surface area (Å²) < 4.78 is 54.5. The van der Waals surface area contributed by atoms with Crippen LogP contribution in [0.25, 0.3) is 27.9 Å². The molecular formula is C25H15ClF4N4O. The molecule has 0 atom stereocenters. The maximum Gasteiger partial charge on any atom is 0.416 e. The van der Waals surface area contributed by atoms with Crippen LogP contribution in [-0.2, 0) is 12.7 Å². The van der Waals surface area contributed by atoms with E-state index in [1.54, 1.807) is 36.4 Å². The van der Waals surface area contributed by atoms with Crippen LogP contribution in [0.3, 0.4) is 0 Å². The molecule has 0 fully saturated rings. The molecule has 0 radical (unpaired) electrons. The van der Waals surface area contributed by atoms with Gasteiger partial charge in [-0.3, -0.25) is 0 Å². The average molecular weight is 499 g/mol. The second-order valence-electron chi connectivity index (χ2n) is 7.82. The molecule has 0 N–H and O–H groups in total. The van der Waals surface area contributed by atoms with Crippen LogP contribution in [0.15, 0.2) is 83.8 Å². The molecule has 0 bridgehead atoms. The normalized spacial score (nSPS) is 11.8. The predicted molar refractivity (Wildman–Crippen MR) is 124 cm³/mol. The van der Waals surface area contributed by atoms with E-state index in [-0.39, 0.29) is 12.2 Å². The Bertz CT molecular complexity index is 1570. The van der Waals surface area contributed by atoms with Gasteiger partial charge in [-0.1, -0.05) is 48.0 Å². The van der Waals surface area contributed by atoms with Gasteiger partial charge in [0.25, 0.3) is 0 Å². The van der Waals surface area contributed by atoms with E-state index in [1.165, 1.54) is 30.5 Å². The molecule has 0 spiro atoms. The monoisotopic (exact) mass is 498 g/mol. The van der Waals surface area contributed by atoms with Crippen molar-refractivity contribution in [3.63, 3.8) is 0 Å². The Morgan fingerprint density at radius 1 is 0.857 bits per heavy atom. The molecule has 0 saturated carbocycles. The number of benzene rings is 3. The highest BCUT2D eigenvalue weighted by molar-refractivity contribution is 6.30. The molecule has 176 valence electrons. The van der Waals surface area contributed by atoms with E-state index >= 15 is 0 Å². The molecule has 0 aliphatic rings. The van der Waals surface area contributed by atoms with Crippen LogP contribution in [0.2, 0.25) is 5.02 Å². The lowest BCUT2D eigenvalue weighted by atomic mass is 9.97. The summed E-state index contributed by atoms with van der Waals surface area (Å²) in [6, 6.07) is 17.3. The summed E-state index contributed by atoms with van der Waals surface area (Å²) >= 11 is 6.02. The molecule has 0 amide bonds. The first-order valence-electron chi connectivity index (χ1n) is 10.4. The summed E-state index contributed by atoms with van der Waals surface area (Å²) in [5, 5.41) is 9.25. The minimum absolute atomic E-state index is 0.0561. The van der Waals surface area contributed by atoms with E-state index < -0.39 is 23.2 Å². The van der Waals surface area contributed by atoms with Crippen LogP contribution in [0.5, 0.6) is 0 Å². The van der Waals surface area contributed by atoms with Crippen molar-refractivity contribution in [1.82, 2.24) is 19.4 Å². The van der Waals surface area contributed by atoms with Gasteiger partial charge in [-0.2, -0.15) is 22.8 Å². The van der Waals surface area contributed by atoms with Gasteiger partial charge in [0.15, 0.2) is 5.65 Å². The fourth-order valence-electron chi connectivity index (χ4n) is 3.78. The summed E-state index contributed by atoms with van der Waals surface area (Å²) in [6.07, 6.45) is -2.94. The fraction of sp³-hybridized carbons (Fsp3) is 0.0800. The third-order valence-corrected chi connectivity index (χ3v) is 5.77. The number of hydrogen-bond acceptors (Lipinski definition) is 3. The van der Waals surface area contributed by atoms with Crippen molar-refractivity contribution in [3.05, 3.63) is 111 Å². The fourth-order valence-corrected chi connectivity index (χ4v) is 3.91. The Kier molecular flexibility index (Phi) is 5.64. The Labute approximate surface area is 200 Å². The lowest BCUT2D eigenvalue weighted by molar-refractivity contribution is -0.137. The predicted octanol–water partition coefficient (Wildman–Crippen LogP) is 6.08. The molecule has 0 aliphatic carbocycles. The minimum atomic E-state index is -4.45. The van der Waals surface area contributed by atoms with Crippen molar-refractivity contribution in [1.29, 1.82) is 0 Å². The third kappa shape index (κ3) is 4.42. The number of alkyl halides is 3. The molecule has 2 heterocycles. The zero-order valence-corrected chi connectivity index (χ0v) is 18.6. The average Bonchev–Trinajstić information content (AvgIpc) is 3.14. The van der Waals surface area contributed by atoms with E-state index in [0.717, 1.165) is 26.9 Å². The number of halogens is 5. The van der Waals surface area contributed by atoms with E-state index in [2.05, 4.69) is 10.2 Å². The maximum absolute atomic E-state index is 13.6. The van der Waals surface area contributed by atoms with E-state index in [0.29, 0.717) is 27.3 Å². The topological polar surface area (TPSA) is 52.2 Å². The maximum atomic E-state index is 13.6. The second kappa shape index (κ2) is 8.66. The zero-order chi connectivity index (χ0) is 24.7. The molecule has 0 unspecified atom stereocenters. The highest BCUT2D eigenvalue weighted by atomic mass is 35.5. The lowest BCUT2D eigenvalue weighted by Gasteiger charge is -2.10. The van der Waals surface area contributed by atoms with Crippen LogP contribution in [0, 0.1) is 5.82 Å². The minimum Gasteiger partial charge on any atom is -0.244 e. The molecule has 0 saturated heterocycles. The smallest absolute Gasteiger partial charge is 0.244 e. The highest BCUT2D eigenvalue weighted by Crippen LogP contribution is 2.34. The largest absolute Gasteiger partial charge is 0.416 e. The van der Waals surface area contributed by atoms with Gasteiger partial charge in [0.2, 0.25) is 0 Å². The number of rotatable bonds is 4. The van der Waals surface area contributed by atoms with Gasteiger partial charge >= 0.3 is 11.9 Å². The number of fused-ring (bicyclic) bond motifs is 1. The molecule has 5 rings (SSSR count). The molecule has 5 aromatic rings. The summed E-state index contributed by atoms with van der Waals surface area (Å²) in [5.41, 5.74) is 1.90. The molecule has 2 aromatic heterocycles. The molecule has 3 aromatic carbocycles. The number of hydrogen-bond donors (Lipinski definition) is 0. The molecule has 10 heteroatoms. The van der Waals surface area contributed by atoms with Gasteiger partial charge in [-0.15, -0.1) is 5.10 Å². The summed E-state index contributed by atoms with van der Waals surface area (Å²) in [4.78, 5) is 13.0. The number of nitrogens with zero attached hydrogens (tertiary/aromatic N) is 4. The van der Waals surface area contributed by atoms with Crippen LogP contribution in [0.1, 0.15) is 11.1 Å². The Morgan fingerprint density at radius 2 is 1.49 bits per heavy atom. The van der Waals surface area contributed by atoms with E-state index in [1.807, 2.05) is 0 Å². The summed E-state index contributed by atoms with van der Waals surface area (Å²) in [7, 11) is 0. The van der Waals surface area contributed by atoms with Gasteiger partial charge in [-0.05, 0) is 53.1 Å². The molecular weight excluding hydrogens is 484 g/mol. The van der Waals surface area contributed by atoms with Crippen LogP contribution in [0.4, 0.5) is 17.6 Å². The quantitative estimate of drug-likeness (QED) is 0.282. The van der Waals surface area contributed by atoms with Crippen molar-refractivity contribution >= 4 is 17.2 Å². The van der Waals surface area contributed by atoms with Gasteiger partial charge in [-0.25, -0.2) is 13.9 Å². The lowest BCUT2D eigenvalue weighted by Crippen LogP contribution is -2.23. The summed E-state index contributed by atoms with van der Waals surface area (Å²) in [6.45, 7) is -0.0561. The van der Waals surface area contributed by atoms with Gasteiger partial charge in [0.1, 0.15) is 5.82 Å². The van der Waals surface area contributed by atoms with Crippen molar-refractivity contribution in [3.8, 4) is 22.3 Å². The van der Waals surface area contributed by atoms with Crippen LogP contribution in [-0.4, -0.2) is 19.4 Å². The molecule has 0 aliphatic heterocycles. The summed E-state index contributed by atoms with van der Waals surface area (Å²) in [5.74, 6) is -0.419. The molecule has 35 heavy (non-hydrogen) atoms. The van der Waals surface area contributed by atoms with Gasteiger partial charge in [0, 0.05) is 16.1 Å². The molecule has 5 nitrogen and oxygen atoms in total. The second-order valence-corrected chi connectivity index (χ2v) is 8.25. The Hall–Kier alpha value is -3.98. The first-order chi connectivity index (χ1) is 16.7. The Morgan fingerprint density at radius 3 is 2.11 bits per heavy atom. The highest BCUT2D eigenvalue weighted by Gasteiger charge is 2.30. The van der Waals surface area contributed by atoms with Gasteiger partial charge < -0.3 is 0 Å². The van der Waals surface area contributed by atoms with E-state index in [4.69, 9.17) is 11.6 Å². The van der Waals surface area contributed by atoms with Crippen LogP contribution >= 0.6 is 11.6 Å². The first-order valence-corrected chi connectivity index (χ1v) is 10.8. The third-order valence-electron chi connectivity index (χ3n) is 5.52. The first kappa shape index (κ1) is 22.8. The standard InChI is InChI=1S/C25H15ClF4N4O/c26-19-9-3-16(4-10-19)21-13-31-34-23(22(21)17-5-11-20(27)12-6-17)32-33(24(34)35)14-15-1-7-18(8-2-15)25(28,29)30/h1-13H,14H2. The van der Waals surface area contributed by atoms with Crippen molar-refractivity contribution < 1.29 is 17.6 Å². The van der Waals surface area contributed by atoms with Crippen molar-refractivity contribution in [2.75, 3.05) is 0 Å².